The van der Waals surface area contributed by atoms with Gasteiger partial charge in [0.1, 0.15) is 5.82 Å². The zero-order valence-corrected chi connectivity index (χ0v) is 11.8. The smallest absolute Gasteiger partial charge is 0.130 e. The number of para-hydroxylation sites is 2. The third-order valence-electron chi connectivity index (χ3n) is 1.98. The maximum atomic E-state index is 10.3. The van der Waals surface area contributed by atoms with Crippen LogP contribution in [0.25, 0.3) is 0 Å². The van der Waals surface area contributed by atoms with Crippen molar-refractivity contribution in [3.63, 3.8) is 0 Å². The second-order valence-corrected chi connectivity index (χ2v) is 3.10. The number of nitrogens with two attached hydrogens (primary N) is 1. The number of aromatic nitrogens is 2. The first-order chi connectivity index (χ1) is 7.79. The third-order valence-corrected chi connectivity index (χ3v) is 1.98. The number of nitrogens with one attached hydrogen (secondary N) is 1. The van der Waals surface area contributed by atoms with E-state index in [1.54, 1.807) is 12.4 Å². The van der Waals surface area contributed by atoms with Gasteiger partial charge in [-0.3, -0.25) is 4.98 Å². The van der Waals surface area contributed by atoms with E-state index in [-0.39, 0.29) is 38.4 Å². The third kappa shape index (κ3) is 3.58. The largest absolute Gasteiger partial charge is 0.417 e. The molecule has 83 valence electrons. The summed E-state index contributed by atoms with van der Waals surface area (Å²) >= 11 is 0. The topological polar surface area (TPSA) is 80.9 Å². The van der Waals surface area contributed by atoms with Crippen LogP contribution in [0.15, 0.2) is 36.7 Å². The fourth-order valence-corrected chi connectivity index (χ4v) is 1.19. The van der Waals surface area contributed by atoms with E-state index >= 15 is 0 Å². The Labute approximate surface area is 124 Å². The van der Waals surface area contributed by atoms with Gasteiger partial charge in [0.2, 0.25) is 0 Å². The monoisotopic (exact) mass is 302 g/mol. The summed E-state index contributed by atoms with van der Waals surface area (Å²) in [4.78, 5) is 18.1. The van der Waals surface area contributed by atoms with Gasteiger partial charge in [-0.15, -0.1) is 0 Å². The number of carbonyl (C=O) groups excluding carboxylic acids is 1. The van der Waals surface area contributed by atoms with Crippen LogP contribution in [0.5, 0.6) is 0 Å². The standard InChI is InChI=1S/C11H9N4O.Y/c12-9-3-1-2-4-10(9)15-11-6-13-8(7-16)5-14-11;/h1-6H,12H2,(H,14,15);/q-1;. The van der Waals surface area contributed by atoms with Crippen molar-refractivity contribution < 1.29 is 37.5 Å². The summed E-state index contributed by atoms with van der Waals surface area (Å²) in [5, 5.41) is 3.00. The predicted molar refractivity (Wildman–Crippen MR) is 61.0 cm³/mol. The van der Waals surface area contributed by atoms with E-state index in [1.165, 1.54) is 12.4 Å². The molecule has 0 amide bonds. The van der Waals surface area contributed by atoms with Crippen molar-refractivity contribution in [3.05, 3.63) is 42.4 Å². The first-order valence-electron chi connectivity index (χ1n) is 4.61. The van der Waals surface area contributed by atoms with Gasteiger partial charge < -0.3 is 20.8 Å². The van der Waals surface area contributed by atoms with Crippen LogP contribution in [0, 0.1) is 0 Å². The minimum atomic E-state index is 0. The first-order valence-corrected chi connectivity index (χ1v) is 4.61. The molecular weight excluding hydrogens is 293 g/mol. The second kappa shape index (κ2) is 6.42. The Morgan fingerprint density at radius 1 is 1.18 bits per heavy atom. The van der Waals surface area contributed by atoms with Gasteiger partial charge in [0.25, 0.3) is 0 Å². The van der Waals surface area contributed by atoms with Gasteiger partial charge in [0, 0.05) is 39.0 Å². The zero-order chi connectivity index (χ0) is 11.4. The van der Waals surface area contributed by atoms with Crippen LogP contribution >= 0.6 is 0 Å². The molecule has 0 bridgehead atoms. The van der Waals surface area contributed by atoms with Gasteiger partial charge in [-0.05, 0) is 17.8 Å². The van der Waals surface area contributed by atoms with E-state index in [9.17, 15) is 4.79 Å². The van der Waals surface area contributed by atoms with Crippen LogP contribution in [-0.4, -0.2) is 16.3 Å². The number of hydrogen-bond acceptors (Lipinski definition) is 5. The van der Waals surface area contributed by atoms with E-state index in [4.69, 9.17) is 5.73 Å². The molecule has 1 heterocycles. The molecule has 0 unspecified atom stereocenters. The molecule has 5 nitrogen and oxygen atoms in total. The van der Waals surface area contributed by atoms with E-state index in [2.05, 4.69) is 15.3 Å². The Bertz CT molecular complexity index is 501. The summed E-state index contributed by atoms with van der Waals surface area (Å²) in [5.74, 6) is 0.525. The Kier molecular flexibility index (Phi) is 5.19. The Hall–Kier alpha value is -1.33. The van der Waals surface area contributed by atoms with Crippen molar-refractivity contribution in [1.82, 2.24) is 9.97 Å². The van der Waals surface area contributed by atoms with E-state index in [1.807, 2.05) is 18.2 Å². The van der Waals surface area contributed by atoms with Gasteiger partial charge in [-0.25, -0.2) is 0 Å². The number of rotatable bonds is 3. The minimum absolute atomic E-state index is 0. The van der Waals surface area contributed by atoms with Crippen LogP contribution in [0.2, 0.25) is 0 Å². The average Bonchev–Trinajstić information content (AvgIpc) is 2.33. The average molecular weight is 302 g/mol. The summed E-state index contributed by atoms with van der Waals surface area (Å²) in [7, 11) is 0. The van der Waals surface area contributed by atoms with Crippen molar-refractivity contribution in [3.8, 4) is 0 Å². The molecule has 1 aromatic heterocycles. The molecule has 1 radical (unpaired) electrons. The molecule has 0 atom stereocenters. The number of nitrogen functional groups attached to an aromatic ring is 1. The van der Waals surface area contributed by atoms with Crippen molar-refractivity contribution in [2.75, 3.05) is 11.1 Å². The predicted octanol–water partition coefficient (Wildman–Crippen LogP) is 1.26. The fourth-order valence-electron chi connectivity index (χ4n) is 1.19. The van der Waals surface area contributed by atoms with Gasteiger partial charge in [0.05, 0.1) is 17.6 Å². The first kappa shape index (κ1) is 13.7. The summed E-state index contributed by atoms with van der Waals surface area (Å²) in [6.45, 7) is 0. The molecule has 3 N–H and O–H groups in total. The van der Waals surface area contributed by atoms with E-state index in [0.29, 0.717) is 11.5 Å². The van der Waals surface area contributed by atoms with Gasteiger partial charge in [0.15, 0.2) is 0 Å². The molecule has 2 rings (SSSR count). The van der Waals surface area contributed by atoms with E-state index < -0.39 is 0 Å². The van der Waals surface area contributed by atoms with Crippen LogP contribution < -0.4 is 11.1 Å². The van der Waals surface area contributed by atoms with Crippen LogP contribution in [0.3, 0.4) is 0 Å². The van der Waals surface area contributed by atoms with Crippen molar-refractivity contribution in [2.45, 2.75) is 0 Å². The zero-order valence-electron chi connectivity index (χ0n) is 8.92. The van der Waals surface area contributed by atoms with Crippen LogP contribution in [0.4, 0.5) is 17.2 Å². The molecule has 0 saturated carbocycles. The molecule has 0 aliphatic rings. The van der Waals surface area contributed by atoms with Gasteiger partial charge in [-0.2, -0.15) is 0 Å². The molecule has 0 spiro atoms. The fraction of sp³-hybridized carbons (Fsp3) is 0. The molecule has 1 aromatic carbocycles. The SMILES string of the molecule is Nc1ccccc1Nc1cnc([C-]=O)cn1.[Y]. The van der Waals surface area contributed by atoms with Gasteiger partial charge in [-0.1, -0.05) is 18.3 Å². The Morgan fingerprint density at radius 2 is 1.94 bits per heavy atom. The Morgan fingerprint density at radius 3 is 2.53 bits per heavy atom. The molecule has 0 fully saturated rings. The van der Waals surface area contributed by atoms with Crippen LogP contribution in [-0.2, 0) is 37.5 Å². The maximum absolute atomic E-state index is 10.3. The summed E-state index contributed by atoms with van der Waals surface area (Å²) < 4.78 is 0. The minimum Gasteiger partial charge on any atom is -0.417 e. The number of anilines is 3. The van der Waals surface area contributed by atoms with Crippen LogP contribution in [0.1, 0.15) is 5.69 Å². The van der Waals surface area contributed by atoms with Gasteiger partial charge >= 0.3 is 0 Å². The normalized spacial score (nSPS) is 9.18. The van der Waals surface area contributed by atoms with Crippen molar-refractivity contribution in [1.29, 1.82) is 0 Å². The van der Waals surface area contributed by atoms with Crippen molar-refractivity contribution in [2.24, 2.45) is 0 Å². The Balaban J connectivity index is 0.00000144. The molecular formula is C11H9N4OY-. The molecule has 0 saturated heterocycles. The second-order valence-electron chi connectivity index (χ2n) is 3.10. The quantitative estimate of drug-likeness (QED) is 0.659. The van der Waals surface area contributed by atoms with Crippen molar-refractivity contribution >= 4 is 23.5 Å². The van der Waals surface area contributed by atoms with E-state index in [0.717, 1.165) is 5.69 Å². The molecule has 0 aliphatic heterocycles. The number of benzene rings is 1. The molecule has 6 heteroatoms. The molecule has 0 aliphatic carbocycles. The summed E-state index contributed by atoms with van der Waals surface area (Å²) in [6, 6.07) is 7.32. The molecule has 2 aromatic rings. The summed E-state index contributed by atoms with van der Waals surface area (Å²) in [6.07, 6.45) is 4.45. The molecule has 17 heavy (non-hydrogen) atoms. The summed E-state index contributed by atoms with van der Waals surface area (Å²) in [5.41, 5.74) is 7.29. The number of nitrogens with zero attached hydrogens (tertiary/aromatic N) is 2. The number of hydrogen-bond donors (Lipinski definition) is 2. The maximum Gasteiger partial charge on any atom is 0.130 e.